The molecule has 4 nitrogen and oxygen atoms in total. The van der Waals surface area contributed by atoms with Gasteiger partial charge in [-0.15, -0.1) is 0 Å². The molecule has 1 aromatic carbocycles. The zero-order valence-electron chi connectivity index (χ0n) is 8.31. The summed E-state index contributed by atoms with van der Waals surface area (Å²) in [6, 6.07) is 11.6. The van der Waals surface area contributed by atoms with Crippen molar-refractivity contribution in [1.29, 1.82) is 5.26 Å². The maximum atomic E-state index is 11.1. The number of rotatable bonds is 2. The molecule has 0 radical (unpaired) electrons. The summed E-state index contributed by atoms with van der Waals surface area (Å²) in [5.74, 6) is 0.738. The van der Waals surface area contributed by atoms with Gasteiger partial charge < -0.3 is 9.72 Å². The maximum absolute atomic E-state index is 11.1. The van der Waals surface area contributed by atoms with Crippen LogP contribution in [0.15, 0.2) is 47.4 Å². The fraction of sp³-hybridized carbons (Fsp3) is 0. The molecule has 0 amide bonds. The van der Waals surface area contributed by atoms with Crippen LogP contribution in [-0.2, 0) is 0 Å². The number of benzene rings is 1. The van der Waals surface area contributed by atoms with Crippen LogP contribution in [0, 0.1) is 11.3 Å². The van der Waals surface area contributed by atoms with E-state index in [2.05, 4.69) is 4.98 Å². The Hall–Kier alpha value is -2.54. The highest BCUT2D eigenvalue weighted by molar-refractivity contribution is 5.44. The third-order valence-corrected chi connectivity index (χ3v) is 1.97. The first kappa shape index (κ1) is 9.99. The highest BCUT2D eigenvalue weighted by Gasteiger charge is 2.03. The molecule has 0 aliphatic carbocycles. The average Bonchev–Trinajstić information content (AvgIpc) is 2.30. The Morgan fingerprint density at radius 2 is 2.06 bits per heavy atom. The van der Waals surface area contributed by atoms with Gasteiger partial charge in [-0.25, -0.2) is 0 Å². The molecule has 1 heterocycles. The summed E-state index contributed by atoms with van der Waals surface area (Å²) in [5.41, 5.74) is 0.274. The summed E-state index contributed by atoms with van der Waals surface area (Å²) in [7, 11) is 0. The molecule has 0 bridgehead atoms. The summed E-state index contributed by atoms with van der Waals surface area (Å²) in [4.78, 5) is 13.8. The zero-order valence-corrected chi connectivity index (χ0v) is 8.31. The summed E-state index contributed by atoms with van der Waals surface area (Å²) in [6.45, 7) is 0. The molecule has 2 aromatic rings. The van der Waals surface area contributed by atoms with Crippen LogP contribution in [0.3, 0.4) is 0 Å². The second kappa shape index (κ2) is 4.32. The maximum Gasteiger partial charge on any atom is 0.201 e. The molecule has 0 atom stereocenters. The topological polar surface area (TPSA) is 65.9 Å². The van der Waals surface area contributed by atoms with Crippen LogP contribution in [0.1, 0.15) is 5.56 Å². The van der Waals surface area contributed by atoms with E-state index in [1.54, 1.807) is 24.3 Å². The van der Waals surface area contributed by atoms with Crippen LogP contribution in [0.2, 0.25) is 0 Å². The third-order valence-electron chi connectivity index (χ3n) is 1.97. The van der Waals surface area contributed by atoms with Crippen molar-refractivity contribution in [2.45, 2.75) is 0 Å². The number of aromatic amines is 1. The van der Waals surface area contributed by atoms with Gasteiger partial charge in [0.25, 0.3) is 0 Å². The minimum atomic E-state index is -0.150. The molecule has 0 fully saturated rings. The lowest BCUT2D eigenvalue weighted by molar-refractivity contribution is 0.461. The van der Waals surface area contributed by atoms with Crippen LogP contribution in [0.5, 0.6) is 11.6 Å². The van der Waals surface area contributed by atoms with E-state index in [1.165, 1.54) is 18.3 Å². The van der Waals surface area contributed by atoms with Crippen LogP contribution < -0.4 is 10.2 Å². The lowest BCUT2D eigenvalue weighted by Crippen LogP contribution is -1.99. The number of nitrogens with zero attached hydrogens (tertiary/aromatic N) is 1. The summed E-state index contributed by atoms with van der Waals surface area (Å²) < 4.78 is 5.40. The van der Waals surface area contributed by atoms with E-state index in [0.29, 0.717) is 17.2 Å². The van der Waals surface area contributed by atoms with Gasteiger partial charge in [-0.1, -0.05) is 12.1 Å². The van der Waals surface area contributed by atoms with Gasteiger partial charge in [0.05, 0.1) is 5.56 Å². The monoisotopic (exact) mass is 212 g/mol. The highest BCUT2D eigenvalue weighted by atomic mass is 16.5. The van der Waals surface area contributed by atoms with Gasteiger partial charge in [0.2, 0.25) is 5.88 Å². The molecule has 0 saturated heterocycles. The van der Waals surface area contributed by atoms with Crippen molar-refractivity contribution in [3.63, 3.8) is 0 Å². The molecule has 0 unspecified atom stereocenters. The summed E-state index contributed by atoms with van der Waals surface area (Å²) in [5, 5.41) is 8.85. The van der Waals surface area contributed by atoms with E-state index >= 15 is 0 Å². The second-order valence-electron chi connectivity index (χ2n) is 3.10. The first-order chi connectivity index (χ1) is 7.79. The van der Waals surface area contributed by atoms with Crippen molar-refractivity contribution >= 4 is 0 Å². The molecular weight excluding hydrogens is 204 g/mol. The van der Waals surface area contributed by atoms with Gasteiger partial charge in [0, 0.05) is 18.3 Å². The van der Waals surface area contributed by atoms with E-state index in [4.69, 9.17) is 10.00 Å². The van der Waals surface area contributed by atoms with Crippen molar-refractivity contribution in [2.75, 3.05) is 0 Å². The fourth-order valence-corrected chi connectivity index (χ4v) is 1.25. The standard InChI is InChI=1S/C12H8N2O2/c13-8-9-3-1-2-4-11(9)16-12-7-10(15)5-6-14-12/h1-7H,(H,14,15). The first-order valence-corrected chi connectivity index (χ1v) is 4.65. The summed E-state index contributed by atoms with van der Waals surface area (Å²) >= 11 is 0. The van der Waals surface area contributed by atoms with E-state index in [0.717, 1.165) is 0 Å². The predicted molar refractivity (Wildman–Crippen MR) is 58.3 cm³/mol. The van der Waals surface area contributed by atoms with Crippen LogP contribution in [0.4, 0.5) is 0 Å². The molecule has 2 rings (SSSR count). The van der Waals surface area contributed by atoms with Gasteiger partial charge in [-0.3, -0.25) is 4.79 Å². The molecule has 78 valence electrons. The second-order valence-corrected chi connectivity index (χ2v) is 3.10. The number of hydrogen-bond donors (Lipinski definition) is 1. The smallest absolute Gasteiger partial charge is 0.201 e. The van der Waals surface area contributed by atoms with E-state index in [9.17, 15) is 4.79 Å². The van der Waals surface area contributed by atoms with Crippen LogP contribution in [0.25, 0.3) is 0 Å². The van der Waals surface area contributed by atoms with Gasteiger partial charge in [0.15, 0.2) is 5.43 Å². The number of nitrogens with one attached hydrogen (secondary N) is 1. The number of aromatic nitrogens is 1. The normalized spacial score (nSPS) is 9.44. The third kappa shape index (κ3) is 2.10. The Kier molecular flexibility index (Phi) is 2.70. The van der Waals surface area contributed by atoms with E-state index in [-0.39, 0.29) is 5.43 Å². The average molecular weight is 212 g/mol. The number of ether oxygens (including phenoxy) is 1. The molecule has 4 heteroatoms. The first-order valence-electron chi connectivity index (χ1n) is 4.65. The molecule has 1 N–H and O–H groups in total. The van der Waals surface area contributed by atoms with Crippen LogP contribution in [-0.4, -0.2) is 4.98 Å². The van der Waals surface area contributed by atoms with Crippen molar-refractivity contribution in [3.05, 3.63) is 58.4 Å². The van der Waals surface area contributed by atoms with Crippen molar-refractivity contribution < 1.29 is 4.74 Å². The Labute approximate surface area is 91.7 Å². The quantitative estimate of drug-likeness (QED) is 0.828. The van der Waals surface area contributed by atoms with E-state index < -0.39 is 0 Å². The number of nitriles is 1. The SMILES string of the molecule is N#Cc1ccccc1Oc1cc(=O)cc[nH]1. The molecule has 0 aliphatic heterocycles. The minimum absolute atomic E-state index is 0.150. The lowest BCUT2D eigenvalue weighted by atomic mass is 10.2. The largest absolute Gasteiger partial charge is 0.440 e. The molecular formula is C12H8N2O2. The van der Waals surface area contributed by atoms with Crippen molar-refractivity contribution in [2.24, 2.45) is 0 Å². The highest BCUT2D eigenvalue weighted by Crippen LogP contribution is 2.21. The molecule has 16 heavy (non-hydrogen) atoms. The van der Waals surface area contributed by atoms with Gasteiger partial charge in [-0.05, 0) is 12.1 Å². The molecule has 0 aliphatic rings. The Bertz CT molecular complexity index is 596. The van der Waals surface area contributed by atoms with Crippen molar-refractivity contribution in [3.8, 4) is 17.7 Å². The summed E-state index contributed by atoms with van der Waals surface area (Å²) in [6.07, 6.45) is 1.49. The van der Waals surface area contributed by atoms with Gasteiger partial charge >= 0.3 is 0 Å². The Morgan fingerprint density at radius 3 is 2.81 bits per heavy atom. The lowest BCUT2D eigenvalue weighted by Gasteiger charge is -2.05. The Balaban J connectivity index is 2.35. The number of pyridine rings is 1. The van der Waals surface area contributed by atoms with Gasteiger partial charge in [-0.2, -0.15) is 5.26 Å². The van der Waals surface area contributed by atoms with Gasteiger partial charge in [0.1, 0.15) is 11.8 Å². The Morgan fingerprint density at radius 1 is 1.25 bits per heavy atom. The molecule has 0 saturated carbocycles. The minimum Gasteiger partial charge on any atom is -0.440 e. The van der Waals surface area contributed by atoms with E-state index in [1.807, 2.05) is 6.07 Å². The zero-order chi connectivity index (χ0) is 11.4. The number of para-hydroxylation sites is 1. The van der Waals surface area contributed by atoms with Crippen LogP contribution >= 0.6 is 0 Å². The predicted octanol–water partition coefficient (Wildman–Crippen LogP) is 2.04. The van der Waals surface area contributed by atoms with Crippen molar-refractivity contribution in [1.82, 2.24) is 4.98 Å². The molecule has 0 spiro atoms. The molecule has 1 aromatic heterocycles. The fourth-order valence-electron chi connectivity index (χ4n) is 1.25. The number of hydrogen-bond acceptors (Lipinski definition) is 3. The number of H-pyrrole nitrogens is 1.